The number of nitrogen functional groups attached to an aromatic ring is 1. The first-order chi connectivity index (χ1) is 10.9. The number of nitrogens with two attached hydrogens (primary N) is 1. The molecule has 1 heterocycles. The number of aromatic nitrogens is 1. The Morgan fingerprint density at radius 3 is 2.74 bits per heavy atom. The lowest BCUT2D eigenvalue weighted by atomic mass is 10.0. The summed E-state index contributed by atoms with van der Waals surface area (Å²) < 4.78 is 13.7. The van der Waals surface area contributed by atoms with Crippen molar-refractivity contribution in [2.75, 3.05) is 11.1 Å². The van der Waals surface area contributed by atoms with Gasteiger partial charge in [-0.15, -0.1) is 0 Å². The second kappa shape index (κ2) is 6.23. The molecule has 0 atom stereocenters. The van der Waals surface area contributed by atoms with Crippen LogP contribution in [0.15, 0.2) is 18.3 Å². The second-order valence-electron chi connectivity index (χ2n) is 4.94. The zero-order chi connectivity index (χ0) is 17.1. The largest absolute Gasteiger partial charge is 0.396 e. The Balaban J connectivity index is 2.37. The summed E-state index contributed by atoms with van der Waals surface area (Å²) in [5, 5.41) is 18.7. The summed E-state index contributed by atoms with van der Waals surface area (Å²) in [4.78, 5) is 16.3. The maximum Gasteiger partial charge on any atom is 0.274 e. The van der Waals surface area contributed by atoms with Crippen LogP contribution in [0.4, 0.5) is 15.8 Å². The number of hydrogen-bond acceptors (Lipinski definition) is 5. The molecule has 0 unspecified atom stereocenters. The number of amides is 1. The molecular formula is C16H14FN5O. The van der Waals surface area contributed by atoms with E-state index in [0.29, 0.717) is 16.7 Å². The third-order valence-corrected chi connectivity index (χ3v) is 3.55. The van der Waals surface area contributed by atoms with Crippen molar-refractivity contribution in [1.82, 2.24) is 4.98 Å². The average molecular weight is 311 g/mol. The number of hydrogen-bond donors (Lipinski definition) is 3. The number of carbonyl (C=O) groups excluding carboxylic acids is 1. The molecule has 2 rings (SSSR count). The zero-order valence-electron chi connectivity index (χ0n) is 12.6. The van der Waals surface area contributed by atoms with Gasteiger partial charge in [0, 0.05) is 23.7 Å². The standard InChI is InChI=1S/C16H14FN5O/c1-8-9(2)15(21-7-11(8)6-19)16(23)22-12-3-10(5-18)14(20)13(17)4-12/h3-5,7,18H,20H2,1-2H3,(H,22,23). The molecule has 0 saturated carbocycles. The van der Waals surface area contributed by atoms with Crippen LogP contribution in [-0.2, 0) is 0 Å². The molecule has 0 spiro atoms. The van der Waals surface area contributed by atoms with E-state index in [2.05, 4.69) is 10.3 Å². The van der Waals surface area contributed by atoms with Gasteiger partial charge in [0.2, 0.25) is 0 Å². The molecule has 4 N–H and O–H groups in total. The van der Waals surface area contributed by atoms with Crippen LogP contribution in [0.5, 0.6) is 0 Å². The van der Waals surface area contributed by atoms with E-state index < -0.39 is 11.7 Å². The van der Waals surface area contributed by atoms with Crippen molar-refractivity contribution in [3.63, 3.8) is 0 Å². The van der Waals surface area contributed by atoms with Crippen molar-refractivity contribution in [3.8, 4) is 6.07 Å². The minimum atomic E-state index is -0.720. The molecule has 0 aliphatic rings. The number of nitriles is 1. The Hall–Kier alpha value is -3.27. The van der Waals surface area contributed by atoms with Gasteiger partial charge in [-0.2, -0.15) is 5.26 Å². The van der Waals surface area contributed by atoms with Crippen molar-refractivity contribution in [3.05, 3.63) is 52.1 Å². The molecule has 2 aromatic rings. The fraction of sp³-hybridized carbons (Fsp3) is 0.125. The molecule has 0 fully saturated rings. The van der Waals surface area contributed by atoms with Crippen molar-refractivity contribution in [2.45, 2.75) is 13.8 Å². The first kappa shape index (κ1) is 16.1. The van der Waals surface area contributed by atoms with Crippen LogP contribution in [0.2, 0.25) is 0 Å². The molecule has 0 aliphatic heterocycles. The minimum absolute atomic E-state index is 0.148. The van der Waals surface area contributed by atoms with Gasteiger partial charge in [0.1, 0.15) is 17.6 Å². The molecule has 116 valence electrons. The topological polar surface area (TPSA) is 116 Å². The Morgan fingerprint density at radius 1 is 1.43 bits per heavy atom. The van der Waals surface area contributed by atoms with E-state index in [1.54, 1.807) is 13.8 Å². The number of rotatable bonds is 3. The molecule has 0 radical (unpaired) electrons. The summed E-state index contributed by atoms with van der Waals surface area (Å²) in [6.45, 7) is 3.41. The van der Waals surface area contributed by atoms with Gasteiger partial charge in [-0.3, -0.25) is 4.79 Å². The number of nitrogens with zero attached hydrogens (tertiary/aromatic N) is 2. The van der Waals surface area contributed by atoms with E-state index in [-0.39, 0.29) is 22.6 Å². The Morgan fingerprint density at radius 2 is 2.13 bits per heavy atom. The molecule has 0 aliphatic carbocycles. The molecule has 7 heteroatoms. The number of halogens is 1. The van der Waals surface area contributed by atoms with Gasteiger partial charge < -0.3 is 16.5 Å². The highest BCUT2D eigenvalue weighted by atomic mass is 19.1. The number of carbonyl (C=O) groups is 1. The van der Waals surface area contributed by atoms with Crippen molar-refractivity contribution < 1.29 is 9.18 Å². The fourth-order valence-electron chi connectivity index (χ4n) is 2.06. The highest BCUT2D eigenvalue weighted by Gasteiger charge is 2.16. The summed E-state index contributed by atoms with van der Waals surface area (Å²) in [5.41, 5.74) is 7.46. The fourth-order valence-corrected chi connectivity index (χ4v) is 2.06. The van der Waals surface area contributed by atoms with Crippen LogP contribution in [0.1, 0.15) is 32.7 Å². The van der Waals surface area contributed by atoms with Crippen LogP contribution in [0.25, 0.3) is 0 Å². The van der Waals surface area contributed by atoms with Gasteiger partial charge in [0.05, 0.1) is 11.3 Å². The normalized spacial score (nSPS) is 10.0. The number of nitrogens with one attached hydrogen (secondary N) is 2. The predicted molar refractivity (Wildman–Crippen MR) is 85.1 cm³/mol. The van der Waals surface area contributed by atoms with Crippen molar-refractivity contribution >= 4 is 23.5 Å². The van der Waals surface area contributed by atoms with E-state index in [0.717, 1.165) is 12.3 Å². The van der Waals surface area contributed by atoms with E-state index in [1.807, 2.05) is 6.07 Å². The summed E-state index contributed by atoms with van der Waals surface area (Å²) in [6.07, 6.45) is 2.23. The highest BCUT2D eigenvalue weighted by molar-refractivity contribution is 6.04. The number of pyridine rings is 1. The Kier molecular flexibility index (Phi) is 4.37. The van der Waals surface area contributed by atoms with Crippen LogP contribution in [0.3, 0.4) is 0 Å². The molecule has 0 bridgehead atoms. The smallest absolute Gasteiger partial charge is 0.274 e. The molecule has 1 amide bonds. The Bertz CT molecular complexity index is 855. The maximum atomic E-state index is 13.7. The third-order valence-electron chi connectivity index (χ3n) is 3.55. The van der Waals surface area contributed by atoms with E-state index >= 15 is 0 Å². The summed E-state index contributed by atoms with van der Waals surface area (Å²) >= 11 is 0. The molecule has 6 nitrogen and oxygen atoms in total. The van der Waals surface area contributed by atoms with Crippen molar-refractivity contribution in [2.24, 2.45) is 0 Å². The zero-order valence-corrected chi connectivity index (χ0v) is 12.6. The van der Waals surface area contributed by atoms with Crippen LogP contribution in [-0.4, -0.2) is 17.1 Å². The summed E-state index contributed by atoms with van der Waals surface area (Å²) in [7, 11) is 0. The molecule has 23 heavy (non-hydrogen) atoms. The molecule has 1 aromatic heterocycles. The third kappa shape index (κ3) is 3.01. The lowest BCUT2D eigenvalue weighted by Gasteiger charge is -2.11. The second-order valence-corrected chi connectivity index (χ2v) is 4.94. The first-order valence-corrected chi connectivity index (χ1v) is 6.66. The maximum absolute atomic E-state index is 13.7. The van der Waals surface area contributed by atoms with Gasteiger partial charge in [0.25, 0.3) is 5.91 Å². The molecule has 1 aromatic carbocycles. The number of benzene rings is 1. The first-order valence-electron chi connectivity index (χ1n) is 6.66. The van der Waals surface area contributed by atoms with Crippen LogP contribution in [0, 0.1) is 36.4 Å². The van der Waals surface area contributed by atoms with Crippen LogP contribution < -0.4 is 11.1 Å². The van der Waals surface area contributed by atoms with Gasteiger partial charge >= 0.3 is 0 Å². The predicted octanol–water partition coefficient (Wildman–Crippen LogP) is 2.54. The Labute approximate surface area is 132 Å². The van der Waals surface area contributed by atoms with Crippen molar-refractivity contribution in [1.29, 1.82) is 10.7 Å². The molecule has 0 saturated heterocycles. The van der Waals surface area contributed by atoms with Crippen LogP contribution >= 0.6 is 0 Å². The lowest BCUT2D eigenvalue weighted by Crippen LogP contribution is -2.17. The number of anilines is 2. The van der Waals surface area contributed by atoms with Gasteiger partial charge in [-0.1, -0.05) is 0 Å². The van der Waals surface area contributed by atoms with E-state index in [4.69, 9.17) is 16.4 Å². The van der Waals surface area contributed by atoms with Gasteiger partial charge in [-0.25, -0.2) is 9.37 Å². The quantitative estimate of drug-likeness (QED) is 0.596. The van der Waals surface area contributed by atoms with Gasteiger partial charge in [-0.05, 0) is 37.1 Å². The summed E-state index contributed by atoms with van der Waals surface area (Å²) in [6, 6.07) is 4.47. The van der Waals surface area contributed by atoms with E-state index in [9.17, 15) is 9.18 Å². The van der Waals surface area contributed by atoms with Gasteiger partial charge in [0.15, 0.2) is 0 Å². The van der Waals surface area contributed by atoms with E-state index in [1.165, 1.54) is 12.3 Å². The summed E-state index contributed by atoms with van der Waals surface area (Å²) in [5.74, 6) is -1.25. The molecular weight excluding hydrogens is 297 g/mol. The monoisotopic (exact) mass is 311 g/mol. The minimum Gasteiger partial charge on any atom is -0.396 e. The highest BCUT2D eigenvalue weighted by Crippen LogP contribution is 2.22. The SMILES string of the molecule is Cc1c(C#N)cnc(C(=O)Nc2cc(F)c(N)c(C=N)c2)c1C. The average Bonchev–Trinajstić information content (AvgIpc) is 2.53. The lowest BCUT2D eigenvalue weighted by molar-refractivity contribution is 0.102.